The predicted molar refractivity (Wildman–Crippen MR) is 102 cm³/mol. The number of ether oxygens (including phenoxy) is 4. The van der Waals surface area contributed by atoms with Gasteiger partial charge in [0, 0.05) is 0 Å². The Kier molecular flexibility index (Phi) is 11.1. The van der Waals surface area contributed by atoms with E-state index in [1.165, 1.54) is 0 Å². The van der Waals surface area contributed by atoms with Gasteiger partial charge in [-0.3, -0.25) is 0 Å². The number of aliphatic hydroxyl groups excluding tert-OH is 11. The van der Waals surface area contributed by atoms with Gasteiger partial charge in [0.1, 0.15) is 73.2 Å². The van der Waals surface area contributed by atoms with Gasteiger partial charge in [-0.2, -0.15) is 0 Å². The highest BCUT2D eigenvalue weighted by atomic mass is 16.7. The fraction of sp³-hybridized carbons (Fsp3) is 0.944. The van der Waals surface area contributed by atoms with Gasteiger partial charge in [-0.15, -0.1) is 0 Å². The smallest absolute Gasteiger partial charge is 0.186 e. The first-order valence-corrected chi connectivity index (χ1v) is 10.4. The highest BCUT2D eigenvalue weighted by Crippen LogP contribution is 2.26. The lowest BCUT2D eigenvalue weighted by molar-refractivity contribution is -0.333. The number of carbonyl (C=O) groups excluding carboxylic acids is 1. The van der Waals surface area contributed by atoms with Crippen molar-refractivity contribution in [3.8, 4) is 0 Å². The van der Waals surface area contributed by atoms with Crippen LogP contribution < -0.4 is 0 Å². The average Bonchev–Trinajstić information content (AvgIpc) is 2.84. The van der Waals surface area contributed by atoms with Crippen LogP contribution in [0.2, 0.25) is 0 Å². The molecular weight excluding hydrogens is 472 g/mol. The fourth-order valence-corrected chi connectivity index (χ4v) is 3.39. The molecule has 34 heavy (non-hydrogen) atoms. The van der Waals surface area contributed by atoms with Gasteiger partial charge in [0.25, 0.3) is 0 Å². The molecule has 2 heterocycles. The second-order valence-corrected chi connectivity index (χ2v) is 8.05. The van der Waals surface area contributed by atoms with E-state index in [4.69, 9.17) is 18.9 Å². The minimum atomic E-state index is -2.04. The van der Waals surface area contributed by atoms with Crippen molar-refractivity contribution in [1.29, 1.82) is 0 Å². The summed E-state index contributed by atoms with van der Waals surface area (Å²) < 4.78 is 20.8. The predicted octanol–water partition coefficient (Wildman–Crippen LogP) is -7.73. The van der Waals surface area contributed by atoms with Crippen molar-refractivity contribution < 1.29 is 79.9 Å². The van der Waals surface area contributed by atoms with Gasteiger partial charge < -0.3 is 79.9 Å². The molecule has 0 aromatic heterocycles. The summed E-state index contributed by atoms with van der Waals surface area (Å²) >= 11 is 0. The Morgan fingerprint density at radius 1 is 0.706 bits per heavy atom. The average molecular weight is 504 g/mol. The van der Waals surface area contributed by atoms with E-state index >= 15 is 0 Å². The Morgan fingerprint density at radius 2 is 1.21 bits per heavy atom. The standard InChI is InChI=1S/C18H32O16/c19-1-5(21)9(23)10(24)6(22)3-31-17-16(30)14(28)12(26)8(34-17)4-32-18-15(29)13(27)11(25)7(2-20)33-18/h1,5-18,20-30H,2-4H2/t5-,6-,7-,8-,9-,10-,11-,12-,13+,14+,15+,16+,17+,18+/m1/s1. The molecule has 0 saturated carbocycles. The molecule has 0 aromatic rings. The van der Waals surface area contributed by atoms with Crippen molar-refractivity contribution in [3.05, 3.63) is 0 Å². The van der Waals surface area contributed by atoms with E-state index in [0.29, 0.717) is 0 Å². The second kappa shape index (κ2) is 12.9. The van der Waals surface area contributed by atoms with Crippen LogP contribution in [0.5, 0.6) is 0 Å². The summed E-state index contributed by atoms with van der Waals surface area (Å²) in [6, 6.07) is 0. The monoisotopic (exact) mass is 504 g/mol. The Hall–Kier alpha value is -0.930. The first kappa shape index (κ1) is 29.3. The molecule has 2 saturated heterocycles. The quantitative estimate of drug-likeness (QED) is 0.117. The molecule has 0 bridgehead atoms. The largest absolute Gasteiger partial charge is 0.394 e. The molecule has 16 nitrogen and oxygen atoms in total. The van der Waals surface area contributed by atoms with Crippen LogP contribution in [-0.2, 0) is 23.7 Å². The Balaban J connectivity index is 1.96. The van der Waals surface area contributed by atoms with Gasteiger partial charge in [-0.25, -0.2) is 0 Å². The Morgan fingerprint density at radius 3 is 1.74 bits per heavy atom. The summed E-state index contributed by atoms with van der Waals surface area (Å²) in [6.45, 7) is -2.13. The van der Waals surface area contributed by atoms with Crippen LogP contribution in [0, 0.1) is 0 Å². The maximum atomic E-state index is 10.5. The van der Waals surface area contributed by atoms with Crippen LogP contribution >= 0.6 is 0 Å². The molecule has 0 aliphatic carbocycles. The zero-order valence-corrected chi connectivity index (χ0v) is 17.7. The highest BCUT2D eigenvalue weighted by Gasteiger charge is 2.47. The van der Waals surface area contributed by atoms with E-state index < -0.39 is 106 Å². The van der Waals surface area contributed by atoms with Crippen LogP contribution in [0.15, 0.2) is 0 Å². The third-order valence-corrected chi connectivity index (χ3v) is 5.61. The first-order valence-electron chi connectivity index (χ1n) is 10.4. The minimum Gasteiger partial charge on any atom is -0.394 e. The molecule has 2 aliphatic heterocycles. The molecule has 0 unspecified atom stereocenters. The zero-order chi connectivity index (χ0) is 25.7. The lowest BCUT2D eigenvalue weighted by Gasteiger charge is -2.42. The first-order chi connectivity index (χ1) is 15.9. The molecule has 2 rings (SSSR count). The van der Waals surface area contributed by atoms with Crippen molar-refractivity contribution >= 4 is 6.29 Å². The molecule has 0 amide bonds. The number of aldehydes is 1. The van der Waals surface area contributed by atoms with Crippen LogP contribution in [0.25, 0.3) is 0 Å². The van der Waals surface area contributed by atoms with Crippen molar-refractivity contribution in [2.75, 3.05) is 19.8 Å². The van der Waals surface area contributed by atoms with Crippen molar-refractivity contribution in [3.63, 3.8) is 0 Å². The maximum Gasteiger partial charge on any atom is 0.186 e. The van der Waals surface area contributed by atoms with Crippen LogP contribution in [-0.4, -0.2) is 168 Å². The summed E-state index contributed by atoms with van der Waals surface area (Å²) in [6.07, 6.45) is -24.4. The number of aliphatic hydroxyl groups is 11. The topological polar surface area (TPSA) is 277 Å². The summed E-state index contributed by atoms with van der Waals surface area (Å²) in [4.78, 5) is 10.5. The van der Waals surface area contributed by atoms with E-state index in [0.717, 1.165) is 0 Å². The van der Waals surface area contributed by atoms with Crippen molar-refractivity contribution in [2.24, 2.45) is 0 Å². The summed E-state index contributed by atoms with van der Waals surface area (Å²) in [7, 11) is 0. The Labute approximate surface area is 192 Å². The summed E-state index contributed by atoms with van der Waals surface area (Å²) in [5, 5.41) is 107. The van der Waals surface area contributed by atoms with Gasteiger partial charge in [0.15, 0.2) is 18.9 Å². The van der Waals surface area contributed by atoms with Gasteiger partial charge in [-0.05, 0) is 0 Å². The summed E-state index contributed by atoms with van der Waals surface area (Å²) in [5.74, 6) is 0. The zero-order valence-electron chi connectivity index (χ0n) is 17.7. The van der Waals surface area contributed by atoms with Gasteiger partial charge in [0.2, 0.25) is 0 Å². The number of hydrogen-bond acceptors (Lipinski definition) is 16. The molecule has 0 aromatic carbocycles. The van der Waals surface area contributed by atoms with E-state index in [-0.39, 0.29) is 6.29 Å². The number of rotatable bonds is 11. The van der Waals surface area contributed by atoms with Crippen molar-refractivity contribution in [2.45, 2.75) is 85.8 Å². The molecule has 14 atom stereocenters. The SMILES string of the molecule is O=C[C@@H](O)[C@@H](O)[C@H](O)[C@H](O)CO[C@H]1O[C@H](CO[C@H]2O[C@H](CO)[C@@H](O)[C@H](O)[C@@H]2O)[C@@H](O)[C@H](O)[C@@H]1O. The number of carbonyl (C=O) groups is 1. The molecule has 0 spiro atoms. The van der Waals surface area contributed by atoms with E-state index in [1.54, 1.807) is 0 Å². The van der Waals surface area contributed by atoms with Crippen molar-refractivity contribution in [1.82, 2.24) is 0 Å². The molecule has 11 N–H and O–H groups in total. The third-order valence-electron chi connectivity index (χ3n) is 5.61. The molecule has 200 valence electrons. The van der Waals surface area contributed by atoms with Crippen LogP contribution in [0.4, 0.5) is 0 Å². The van der Waals surface area contributed by atoms with Gasteiger partial charge in [0.05, 0.1) is 19.8 Å². The molecular formula is C18H32O16. The molecule has 2 fully saturated rings. The fourth-order valence-electron chi connectivity index (χ4n) is 3.39. The van der Waals surface area contributed by atoms with E-state index in [9.17, 15) is 61.0 Å². The maximum absolute atomic E-state index is 10.5. The molecule has 0 radical (unpaired) electrons. The molecule has 16 heteroatoms. The van der Waals surface area contributed by atoms with E-state index in [2.05, 4.69) is 0 Å². The highest BCUT2D eigenvalue weighted by molar-refractivity contribution is 5.56. The summed E-state index contributed by atoms with van der Waals surface area (Å²) in [5.41, 5.74) is 0. The van der Waals surface area contributed by atoms with Crippen LogP contribution in [0.3, 0.4) is 0 Å². The lowest BCUT2D eigenvalue weighted by Crippen LogP contribution is -2.62. The third kappa shape index (κ3) is 6.64. The number of hydrogen-bond donors (Lipinski definition) is 11. The van der Waals surface area contributed by atoms with Gasteiger partial charge in [-0.1, -0.05) is 0 Å². The minimum absolute atomic E-state index is 0.0623. The molecule has 2 aliphatic rings. The Bertz CT molecular complexity index is 623. The second-order valence-electron chi connectivity index (χ2n) is 8.05. The lowest BCUT2D eigenvalue weighted by atomic mass is 9.98. The van der Waals surface area contributed by atoms with Gasteiger partial charge >= 0.3 is 0 Å². The van der Waals surface area contributed by atoms with E-state index in [1.807, 2.05) is 0 Å². The normalized spacial score (nSPS) is 42.6. The van der Waals surface area contributed by atoms with Crippen LogP contribution in [0.1, 0.15) is 0 Å².